The van der Waals surface area contributed by atoms with Gasteiger partial charge in [0.1, 0.15) is 6.20 Å². The summed E-state index contributed by atoms with van der Waals surface area (Å²) in [6.07, 6.45) is 8.82. The molecule has 0 amide bonds. The summed E-state index contributed by atoms with van der Waals surface area (Å²) in [6, 6.07) is 0. The van der Waals surface area contributed by atoms with Crippen LogP contribution in [0.15, 0.2) is 6.20 Å². The first-order valence-corrected chi connectivity index (χ1v) is 7.70. The number of nitrogens with zero attached hydrogens (tertiary/aromatic N) is 3. The van der Waals surface area contributed by atoms with Crippen molar-refractivity contribution in [2.24, 2.45) is 5.92 Å². The van der Waals surface area contributed by atoms with Crippen LogP contribution >= 0.6 is 0 Å². The van der Waals surface area contributed by atoms with Gasteiger partial charge in [0.05, 0.1) is 4.92 Å². The monoisotopic (exact) mass is 293 g/mol. The van der Waals surface area contributed by atoms with E-state index in [1.54, 1.807) is 0 Å². The van der Waals surface area contributed by atoms with Crippen LogP contribution in [0.3, 0.4) is 0 Å². The normalized spacial score (nSPS) is 15.1. The molecule has 0 bridgehead atoms. The summed E-state index contributed by atoms with van der Waals surface area (Å²) in [5.41, 5.74) is -0.0717. The highest BCUT2D eigenvalue weighted by atomic mass is 16.6. The van der Waals surface area contributed by atoms with E-state index in [1.165, 1.54) is 38.3 Å². The minimum Gasteiger partial charge on any atom is -0.364 e. The Balaban J connectivity index is 1.89. The second-order valence-electron chi connectivity index (χ2n) is 5.43. The van der Waals surface area contributed by atoms with E-state index < -0.39 is 4.92 Å². The fraction of sp³-hybridized carbons (Fsp3) is 0.714. The molecule has 1 fully saturated rings. The van der Waals surface area contributed by atoms with Gasteiger partial charge in [-0.25, -0.2) is 4.98 Å². The molecule has 0 spiro atoms. The molecule has 1 saturated carbocycles. The lowest BCUT2D eigenvalue weighted by molar-refractivity contribution is -0.384. The van der Waals surface area contributed by atoms with Gasteiger partial charge in [0.15, 0.2) is 0 Å². The predicted molar refractivity (Wildman–Crippen MR) is 82.5 cm³/mol. The Hall–Kier alpha value is -1.92. The maximum Gasteiger partial charge on any atom is 0.329 e. The van der Waals surface area contributed by atoms with Crippen molar-refractivity contribution in [3.8, 4) is 0 Å². The molecule has 2 N–H and O–H groups in total. The topological polar surface area (TPSA) is 93.0 Å². The standard InChI is InChI=1S/C14H23N5O2/c1-2-15-14-17-10-12(19(20)21)13(18-14)16-9-5-8-11-6-3-4-7-11/h10-11H,2-9H2,1H3,(H2,15,16,17,18). The minimum atomic E-state index is -0.449. The van der Waals surface area contributed by atoms with Crippen LogP contribution in [0.1, 0.15) is 45.4 Å². The highest BCUT2D eigenvalue weighted by Crippen LogP contribution is 2.28. The van der Waals surface area contributed by atoms with Crippen molar-refractivity contribution in [1.82, 2.24) is 9.97 Å². The van der Waals surface area contributed by atoms with Crippen LogP contribution in [0.5, 0.6) is 0 Å². The van der Waals surface area contributed by atoms with Gasteiger partial charge in [-0.2, -0.15) is 4.98 Å². The number of anilines is 2. The largest absolute Gasteiger partial charge is 0.364 e. The van der Waals surface area contributed by atoms with Crippen molar-refractivity contribution in [3.63, 3.8) is 0 Å². The van der Waals surface area contributed by atoms with E-state index in [-0.39, 0.29) is 5.69 Å². The molecule has 1 aliphatic carbocycles. The van der Waals surface area contributed by atoms with Gasteiger partial charge in [-0.3, -0.25) is 10.1 Å². The highest BCUT2D eigenvalue weighted by molar-refractivity contribution is 5.56. The third kappa shape index (κ3) is 4.54. The predicted octanol–water partition coefficient (Wildman–Crippen LogP) is 3.20. The Morgan fingerprint density at radius 2 is 2.14 bits per heavy atom. The number of nitrogens with one attached hydrogen (secondary N) is 2. The summed E-state index contributed by atoms with van der Waals surface area (Å²) < 4.78 is 0. The second kappa shape index (κ2) is 7.75. The van der Waals surface area contributed by atoms with E-state index >= 15 is 0 Å². The number of nitro groups is 1. The van der Waals surface area contributed by atoms with Crippen LogP contribution in [0, 0.1) is 16.0 Å². The average molecular weight is 293 g/mol. The fourth-order valence-electron chi connectivity index (χ4n) is 2.78. The molecule has 1 heterocycles. The highest BCUT2D eigenvalue weighted by Gasteiger charge is 2.18. The molecular weight excluding hydrogens is 270 g/mol. The van der Waals surface area contributed by atoms with E-state index in [9.17, 15) is 10.1 Å². The zero-order valence-corrected chi connectivity index (χ0v) is 12.5. The Morgan fingerprint density at radius 1 is 1.38 bits per heavy atom. The molecular formula is C14H23N5O2. The van der Waals surface area contributed by atoms with Crippen LogP contribution in [0.2, 0.25) is 0 Å². The van der Waals surface area contributed by atoms with Gasteiger partial charge in [-0.1, -0.05) is 25.7 Å². The Labute approximate surface area is 124 Å². The SMILES string of the molecule is CCNc1ncc([N+](=O)[O-])c(NCCCC2CCCC2)n1. The van der Waals surface area contributed by atoms with Crippen LogP contribution in [0.4, 0.5) is 17.5 Å². The maximum atomic E-state index is 11.0. The van der Waals surface area contributed by atoms with Crippen LogP contribution < -0.4 is 10.6 Å². The third-order valence-corrected chi connectivity index (χ3v) is 3.86. The van der Waals surface area contributed by atoms with Gasteiger partial charge < -0.3 is 10.6 Å². The quantitative estimate of drug-likeness (QED) is 0.434. The van der Waals surface area contributed by atoms with Crippen LogP contribution in [-0.2, 0) is 0 Å². The summed E-state index contributed by atoms with van der Waals surface area (Å²) >= 11 is 0. The molecule has 2 rings (SSSR count). The Morgan fingerprint density at radius 3 is 2.81 bits per heavy atom. The number of aromatic nitrogens is 2. The van der Waals surface area contributed by atoms with E-state index in [2.05, 4.69) is 20.6 Å². The van der Waals surface area contributed by atoms with Crippen molar-refractivity contribution in [1.29, 1.82) is 0 Å². The zero-order valence-electron chi connectivity index (χ0n) is 12.5. The summed E-state index contributed by atoms with van der Waals surface area (Å²) in [5, 5.41) is 17.0. The molecule has 116 valence electrons. The fourth-order valence-corrected chi connectivity index (χ4v) is 2.78. The first-order valence-electron chi connectivity index (χ1n) is 7.70. The van der Waals surface area contributed by atoms with Crippen LogP contribution in [-0.4, -0.2) is 28.0 Å². The molecule has 0 unspecified atom stereocenters. The van der Waals surface area contributed by atoms with Crippen molar-refractivity contribution in [2.45, 2.75) is 45.4 Å². The summed E-state index contributed by atoms with van der Waals surface area (Å²) in [5.74, 6) is 1.56. The second-order valence-corrected chi connectivity index (χ2v) is 5.43. The molecule has 21 heavy (non-hydrogen) atoms. The van der Waals surface area contributed by atoms with Crippen molar-refractivity contribution in [2.75, 3.05) is 23.7 Å². The van der Waals surface area contributed by atoms with Gasteiger partial charge in [-0.15, -0.1) is 0 Å². The summed E-state index contributed by atoms with van der Waals surface area (Å²) in [7, 11) is 0. The van der Waals surface area contributed by atoms with Crippen molar-refractivity contribution < 1.29 is 4.92 Å². The molecule has 7 heteroatoms. The van der Waals surface area contributed by atoms with E-state index in [1.807, 2.05) is 6.92 Å². The molecule has 0 saturated heterocycles. The smallest absolute Gasteiger partial charge is 0.329 e. The number of rotatable bonds is 8. The number of hydrogen-bond acceptors (Lipinski definition) is 6. The first kappa shape index (κ1) is 15.5. The van der Waals surface area contributed by atoms with E-state index in [0.717, 1.165) is 12.3 Å². The van der Waals surface area contributed by atoms with Crippen molar-refractivity contribution in [3.05, 3.63) is 16.3 Å². The van der Waals surface area contributed by atoms with Crippen molar-refractivity contribution >= 4 is 17.5 Å². The lowest BCUT2D eigenvalue weighted by atomic mass is 10.0. The minimum absolute atomic E-state index is 0.0717. The summed E-state index contributed by atoms with van der Waals surface area (Å²) in [4.78, 5) is 18.7. The van der Waals surface area contributed by atoms with E-state index in [4.69, 9.17) is 0 Å². The van der Waals surface area contributed by atoms with E-state index in [0.29, 0.717) is 24.9 Å². The maximum absolute atomic E-state index is 11.0. The molecule has 0 aliphatic heterocycles. The van der Waals surface area contributed by atoms with Gasteiger partial charge in [0.25, 0.3) is 0 Å². The first-order chi connectivity index (χ1) is 10.2. The molecule has 0 aromatic carbocycles. The molecule has 7 nitrogen and oxygen atoms in total. The molecule has 1 aromatic rings. The van der Waals surface area contributed by atoms with Gasteiger partial charge in [0.2, 0.25) is 11.8 Å². The molecule has 1 aromatic heterocycles. The molecule has 0 radical (unpaired) electrons. The third-order valence-electron chi connectivity index (χ3n) is 3.86. The van der Waals surface area contributed by atoms with Gasteiger partial charge in [0, 0.05) is 13.1 Å². The van der Waals surface area contributed by atoms with Crippen LogP contribution in [0.25, 0.3) is 0 Å². The summed E-state index contributed by atoms with van der Waals surface area (Å²) in [6.45, 7) is 3.32. The average Bonchev–Trinajstić information content (AvgIpc) is 2.97. The lowest BCUT2D eigenvalue weighted by Crippen LogP contribution is -2.10. The van der Waals surface area contributed by atoms with Gasteiger partial charge >= 0.3 is 5.69 Å². The Bertz CT molecular complexity index is 474. The lowest BCUT2D eigenvalue weighted by Gasteiger charge is -2.10. The van der Waals surface area contributed by atoms with Gasteiger partial charge in [-0.05, 0) is 25.7 Å². The number of hydrogen-bond donors (Lipinski definition) is 2. The molecule has 0 atom stereocenters. The zero-order chi connectivity index (χ0) is 15.1. The molecule has 1 aliphatic rings. The Kier molecular flexibility index (Phi) is 5.71.